The number of anilines is 1. The number of pyridine rings is 1. The van der Waals surface area contributed by atoms with Crippen LogP contribution in [0, 0.1) is 0 Å². The fraction of sp³-hybridized carbons (Fsp3) is 0.350. The molecule has 6 nitrogen and oxygen atoms in total. The van der Waals surface area contributed by atoms with E-state index in [1.165, 1.54) is 0 Å². The Labute approximate surface area is 155 Å². The van der Waals surface area contributed by atoms with Crippen molar-refractivity contribution < 1.29 is 4.79 Å². The second-order valence-corrected chi connectivity index (χ2v) is 5.97. The number of rotatable bonds is 9. The van der Waals surface area contributed by atoms with Gasteiger partial charge in [0.25, 0.3) is 5.91 Å². The van der Waals surface area contributed by atoms with Gasteiger partial charge >= 0.3 is 0 Å². The predicted molar refractivity (Wildman–Crippen MR) is 107 cm³/mol. The maximum atomic E-state index is 11.9. The van der Waals surface area contributed by atoms with Gasteiger partial charge in [-0.1, -0.05) is 26.0 Å². The largest absolute Gasteiger partial charge is 0.373 e. The highest BCUT2D eigenvalue weighted by Gasteiger charge is 2.04. The predicted octanol–water partition coefficient (Wildman–Crippen LogP) is 2.62. The minimum Gasteiger partial charge on any atom is -0.373 e. The quantitative estimate of drug-likeness (QED) is 0.556. The van der Waals surface area contributed by atoms with E-state index < -0.39 is 0 Å². The molecule has 138 valence electrons. The molecule has 0 atom stereocenters. The highest BCUT2D eigenvalue weighted by Crippen LogP contribution is 2.13. The minimum atomic E-state index is -0.253. The number of amides is 1. The summed E-state index contributed by atoms with van der Waals surface area (Å²) >= 11 is 0. The van der Waals surface area contributed by atoms with Gasteiger partial charge in [0.2, 0.25) is 0 Å². The van der Waals surface area contributed by atoms with E-state index in [1.807, 2.05) is 12.1 Å². The van der Waals surface area contributed by atoms with E-state index in [9.17, 15) is 4.79 Å². The Bertz CT molecular complexity index is 696. The van der Waals surface area contributed by atoms with Crippen molar-refractivity contribution in [3.8, 4) is 0 Å². The lowest BCUT2D eigenvalue weighted by atomic mass is 10.2. The van der Waals surface area contributed by atoms with Gasteiger partial charge in [-0.2, -0.15) is 5.10 Å². The highest BCUT2D eigenvalue weighted by atomic mass is 16.2. The zero-order valence-corrected chi connectivity index (χ0v) is 15.7. The number of carbonyl (C=O) groups is 1. The highest BCUT2D eigenvalue weighted by molar-refractivity contribution is 5.94. The van der Waals surface area contributed by atoms with Crippen LogP contribution in [0.1, 0.15) is 29.8 Å². The van der Waals surface area contributed by atoms with Gasteiger partial charge in [-0.05, 0) is 42.9 Å². The van der Waals surface area contributed by atoms with Crippen molar-refractivity contribution in [2.45, 2.75) is 13.8 Å². The van der Waals surface area contributed by atoms with Crippen LogP contribution in [0.4, 0.5) is 5.69 Å². The molecule has 0 aliphatic heterocycles. The number of nitrogens with zero attached hydrogens (tertiary/aromatic N) is 4. The smallest absolute Gasteiger partial charge is 0.271 e. The normalized spacial score (nSPS) is 11.1. The van der Waals surface area contributed by atoms with Crippen LogP contribution in [-0.2, 0) is 0 Å². The fourth-order valence-corrected chi connectivity index (χ4v) is 2.51. The molecule has 1 amide bonds. The van der Waals surface area contributed by atoms with Crippen LogP contribution >= 0.6 is 0 Å². The summed E-state index contributed by atoms with van der Waals surface area (Å²) in [5.41, 5.74) is 5.14. The van der Waals surface area contributed by atoms with Crippen molar-refractivity contribution in [2.24, 2.45) is 5.10 Å². The molecule has 0 saturated heterocycles. The Morgan fingerprint density at radius 1 is 1.08 bits per heavy atom. The molecular formula is C20H27N5O. The molecule has 2 aromatic rings. The molecule has 2 rings (SSSR count). The number of nitrogens with one attached hydrogen (secondary N) is 1. The first-order valence-electron chi connectivity index (χ1n) is 8.91. The second-order valence-electron chi connectivity index (χ2n) is 5.97. The number of hydrazone groups is 1. The summed E-state index contributed by atoms with van der Waals surface area (Å²) < 4.78 is 0. The van der Waals surface area contributed by atoms with Crippen LogP contribution in [-0.4, -0.2) is 55.2 Å². The lowest BCUT2D eigenvalue weighted by Gasteiger charge is -2.24. The number of likely N-dealkylation sites (N-methyl/N-ethyl adjacent to an activating group) is 2. The molecule has 0 aliphatic rings. The van der Waals surface area contributed by atoms with Gasteiger partial charge in [0, 0.05) is 43.8 Å². The monoisotopic (exact) mass is 353 g/mol. The third kappa shape index (κ3) is 5.97. The molecule has 26 heavy (non-hydrogen) atoms. The van der Waals surface area contributed by atoms with Gasteiger partial charge in [-0.25, -0.2) is 5.43 Å². The molecule has 0 fully saturated rings. The van der Waals surface area contributed by atoms with Gasteiger partial charge in [0.1, 0.15) is 0 Å². The zero-order chi connectivity index (χ0) is 18.8. The van der Waals surface area contributed by atoms with Crippen molar-refractivity contribution in [3.05, 3.63) is 59.9 Å². The molecule has 0 radical (unpaired) electrons. The van der Waals surface area contributed by atoms with Crippen LogP contribution in [0.25, 0.3) is 0 Å². The number of benzene rings is 1. The average Bonchev–Trinajstić information content (AvgIpc) is 2.69. The topological polar surface area (TPSA) is 60.8 Å². The molecule has 0 bridgehead atoms. The molecule has 1 heterocycles. The molecule has 1 aromatic heterocycles. The third-order valence-corrected chi connectivity index (χ3v) is 4.30. The van der Waals surface area contributed by atoms with E-state index in [2.05, 4.69) is 58.3 Å². The summed E-state index contributed by atoms with van der Waals surface area (Å²) in [6.45, 7) is 8.55. The summed E-state index contributed by atoms with van der Waals surface area (Å²) in [5, 5.41) is 4.01. The summed E-state index contributed by atoms with van der Waals surface area (Å²) in [7, 11) is 2.10. The van der Waals surface area contributed by atoms with Gasteiger partial charge < -0.3 is 9.80 Å². The van der Waals surface area contributed by atoms with E-state index in [0.29, 0.717) is 5.56 Å². The van der Waals surface area contributed by atoms with E-state index in [0.717, 1.165) is 37.4 Å². The van der Waals surface area contributed by atoms with Crippen molar-refractivity contribution in [3.63, 3.8) is 0 Å². The maximum absolute atomic E-state index is 11.9. The SMILES string of the molecule is CCN(CC)CCN(C)c1ccc(/C=N/NC(=O)c2ccncc2)cc1. The Morgan fingerprint density at radius 3 is 2.35 bits per heavy atom. The van der Waals surface area contributed by atoms with E-state index >= 15 is 0 Å². The van der Waals surface area contributed by atoms with E-state index in [-0.39, 0.29) is 5.91 Å². The summed E-state index contributed by atoms with van der Waals surface area (Å²) in [6, 6.07) is 11.4. The Hall–Kier alpha value is -2.73. The summed E-state index contributed by atoms with van der Waals surface area (Å²) in [5.74, 6) is -0.253. The van der Waals surface area contributed by atoms with Crippen LogP contribution in [0.5, 0.6) is 0 Å². The molecule has 1 aromatic carbocycles. The first-order chi connectivity index (χ1) is 12.6. The minimum absolute atomic E-state index is 0.253. The maximum Gasteiger partial charge on any atom is 0.271 e. The van der Waals surface area contributed by atoms with Crippen LogP contribution in [0.15, 0.2) is 53.9 Å². The van der Waals surface area contributed by atoms with Gasteiger partial charge in [-0.15, -0.1) is 0 Å². The first kappa shape index (κ1) is 19.6. The van der Waals surface area contributed by atoms with Gasteiger partial charge in [0.05, 0.1) is 6.21 Å². The van der Waals surface area contributed by atoms with E-state index in [1.54, 1.807) is 30.7 Å². The summed E-state index contributed by atoms with van der Waals surface area (Å²) in [6.07, 6.45) is 4.79. The standard InChI is InChI=1S/C20H27N5O/c1-4-25(5-2)15-14-24(3)19-8-6-17(7-9-19)16-22-23-20(26)18-10-12-21-13-11-18/h6-13,16H,4-5,14-15H2,1-3H3,(H,23,26)/b22-16+. The molecule has 0 spiro atoms. The van der Waals surface area contributed by atoms with Crippen molar-refractivity contribution >= 4 is 17.8 Å². The third-order valence-electron chi connectivity index (χ3n) is 4.30. The van der Waals surface area contributed by atoms with Gasteiger partial charge in [0.15, 0.2) is 0 Å². The lowest BCUT2D eigenvalue weighted by Crippen LogP contribution is -2.33. The molecule has 0 saturated carbocycles. The number of aromatic nitrogens is 1. The van der Waals surface area contributed by atoms with Crippen molar-refractivity contribution in [2.75, 3.05) is 38.1 Å². The molecule has 6 heteroatoms. The molecule has 1 N–H and O–H groups in total. The number of hydrogen-bond donors (Lipinski definition) is 1. The molecule has 0 aliphatic carbocycles. The van der Waals surface area contributed by atoms with Gasteiger partial charge in [-0.3, -0.25) is 9.78 Å². The zero-order valence-electron chi connectivity index (χ0n) is 15.7. The number of hydrogen-bond acceptors (Lipinski definition) is 5. The second kappa shape index (κ2) is 10.3. The van der Waals surface area contributed by atoms with Crippen LogP contribution < -0.4 is 10.3 Å². The van der Waals surface area contributed by atoms with Crippen molar-refractivity contribution in [1.29, 1.82) is 0 Å². The number of carbonyl (C=O) groups excluding carboxylic acids is 1. The Balaban J connectivity index is 1.85. The average molecular weight is 353 g/mol. The summed E-state index contributed by atoms with van der Waals surface area (Å²) in [4.78, 5) is 20.4. The molecular weight excluding hydrogens is 326 g/mol. The van der Waals surface area contributed by atoms with Crippen LogP contribution in [0.3, 0.4) is 0 Å². The Kier molecular flexibility index (Phi) is 7.76. The lowest BCUT2D eigenvalue weighted by molar-refractivity contribution is 0.0955. The van der Waals surface area contributed by atoms with Crippen molar-refractivity contribution in [1.82, 2.24) is 15.3 Å². The first-order valence-corrected chi connectivity index (χ1v) is 8.91. The van der Waals surface area contributed by atoms with Crippen LogP contribution in [0.2, 0.25) is 0 Å². The Morgan fingerprint density at radius 2 is 1.73 bits per heavy atom. The molecule has 0 unspecified atom stereocenters. The van der Waals surface area contributed by atoms with E-state index in [4.69, 9.17) is 0 Å². The fourth-order valence-electron chi connectivity index (χ4n) is 2.51.